The second-order valence-corrected chi connectivity index (χ2v) is 14.2. The first-order chi connectivity index (χ1) is 23.8. The first-order valence-corrected chi connectivity index (χ1v) is 18.3. The molecule has 252 valence electrons. The van der Waals surface area contributed by atoms with Crippen LogP contribution in [-0.2, 0) is 31.0 Å². The van der Waals surface area contributed by atoms with Gasteiger partial charge in [0.2, 0.25) is 0 Å². The van der Waals surface area contributed by atoms with E-state index in [0.717, 1.165) is 69.4 Å². The van der Waals surface area contributed by atoms with E-state index in [1.54, 1.807) is 0 Å². The number of benzene rings is 4. The molecule has 0 saturated heterocycles. The number of amides is 1. The van der Waals surface area contributed by atoms with Gasteiger partial charge in [0.15, 0.2) is 5.78 Å². The number of carbonyl (C=O) groups excluding carboxylic acids is 3. The quantitative estimate of drug-likeness (QED) is 0.0736. The molecule has 1 amide bonds. The molecule has 50 heavy (non-hydrogen) atoms. The minimum Gasteiger partial charge on any atom is -0.748 e. The monoisotopic (exact) mass is 701 g/mol. The number of fused-ring (bicyclic) bond motifs is 9. The molecule has 3 aliphatic rings. The fourth-order valence-electron chi connectivity index (χ4n) is 7.52. The zero-order chi connectivity index (χ0) is 34.1. The van der Waals surface area contributed by atoms with Gasteiger partial charge in [-0.1, -0.05) is 54.6 Å². The van der Waals surface area contributed by atoms with Gasteiger partial charge in [-0.15, -0.1) is 0 Å². The Bertz CT molecular complexity index is 2180. The number of ketones is 1. The number of rotatable bonds is 13. The van der Waals surface area contributed by atoms with Gasteiger partial charge in [-0.25, -0.2) is 8.42 Å². The standard InChI is InChI=1S/C39H37NO8S.Na/c41-18-8-1-2-9-19-47-30-17-10-16-27-34(30)37-33-26-15-7-6-14-25(26)31(48-20-11-21-49(44,45)46)22-28(33)29-23-40-39(43)35(29)36(37)32(38(27)42)24-12-4-3-5-13-24;/h3-7,12-15,17-18,22,32H,1-2,8-11,16,19-21,23H2,(H,40,43)(H,44,45,46);/q;+1/p-1. The van der Waals surface area contributed by atoms with Crippen molar-refractivity contribution in [1.29, 1.82) is 0 Å². The van der Waals surface area contributed by atoms with E-state index in [-0.39, 0.29) is 60.8 Å². The summed E-state index contributed by atoms with van der Waals surface area (Å²) in [6.07, 6.45) is 7.07. The van der Waals surface area contributed by atoms with Crippen molar-refractivity contribution in [2.75, 3.05) is 19.0 Å². The molecule has 1 heterocycles. The molecule has 4 aromatic rings. The van der Waals surface area contributed by atoms with Crippen LogP contribution in [0.3, 0.4) is 0 Å². The second kappa shape index (κ2) is 15.2. The third kappa shape index (κ3) is 6.79. The molecule has 1 atom stereocenters. The minimum absolute atomic E-state index is 0. The van der Waals surface area contributed by atoms with Crippen molar-refractivity contribution in [3.8, 4) is 5.75 Å². The summed E-state index contributed by atoms with van der Waals surface area (Å²) in [6, 6.07) is 19.3. The van der Waals surface area contributed by atoms with Crippen LogP contribution in [0.1, 0.15) is 83.5 Å². The fraction of sp³-hybridized carbons (Fsp3) is 0.308. The normalized spacial score (nSPS) is 16.7. The van der Waals surface area contributed by atoms with E-state index < -0.39 is 21.8 Å². The molecule has 0 bridgehead atoms. The average molecular weight is 702 g/mol. The number of nitrogens with one attached hydrogen (secondary N) is 1. The van der Waals surface area contributed by atoms with Crippen LogP contribution in [0.5, 0.6) is 5.75 Å². The maximum atomic E-state index is 14.7. The Labute approximate surface area is 313 Å². The van der Waals surface area contributed by atoms with Crippen LogP contribution >= 0.6 is 0 Å². The van der Waals surface area contributed by atoms with Gasteiger partial charge in [0.25, 0.3) is 5.91 Å². The summed E-state index contributed by atoms with van der Waals surface area (Å²) >= 11 is 0. The number of aldehydes is 1. The van der Waals surface area contributed by atoms with Crippen molar-refractivity contribution in [2.45, 2.75) is 57.4 Å². The van der Waals surface area contributed by atoms with E-state index >= 15 is 0 Å². The predicted octanol–water partition coefficient (Wildman–Crippen LogP) is 3.48. The van der Waals surface area contributed by atoms with Crippen LogP contribution in [0.15, 0.2) is 78.1 Å². The summed E-state index contributed by atoms with van der Waals surface area (Å²) in [5.74, 6) is -0.367. The van der Waals surface area contributed by atoms with Gasteiger partial charge >= 0.3 is 29.6 Å². The molecule has 11 heteroatoms. The summed E-state index contributed by atoms with van der Waals surface area (Å²) < 4.78 is 46.3. The SMILES string of the molecule is O=CCCCCCOC1=CCCC2=C1c1c(c3c(c4cc(OCCCS(=O)(=O)[O-])c5ccccc5c14)CNC3=O)C(c1ccccc1)C2=O.[Na+]. The number of hydrogen-bond acceptors (Lipinski definition) is 8. The van der Waals surface area contributed by atoms with Gasteiger partial charge in [0.05, 0.1) is 29.2 Å². The number of hydrogen-bond donors (Lipinski definition) is 1. The van der Waals surface area contributed by atoms with Crippen LogP contribution in [-0.4, -0.2) is 49.9 Å². The molecule has 1 aliphatic heterocycles. The van der Waals surface area contributed by atoms with Crippen LogP contribution in [0.4, 0.5) is 0 Å². The topological polar surface area (TPSA) is 139 Å². The van der Waals surface area contributed by atoms with E-state index in [2.05, 4.69) is 5.32 Å². The van der Waals surface area contributed by atoms with Gasteiger partial charge in [-0.3, -0.25) is 9.59 Å². The first-order valence-electron chi connectivity index (χ1n) is 16.8. The number of allylic oxidation sites excluding steroid dienone is 3. The third-order valence-corrected chi connectivity index (χ3v) is 10.4. The van der Waals surface area contributed by atoms with E-state index in [1.807, 2.05) is 66.7 Å². The molecule has 0 fully saturated rings. The van der Waals surface area contributed by atoms with E-state index in [9.17, 15) is 27.4 Å². The number of carbonyl (C=O) groups is 3. The molecule has 1 unspecified atom stereocenters. The Kier molecular flexibility index (Phi) is 11.0. The Morgan fingerprint density at radius 1 is 0.880 bits per heavy atom. The molecule has 2 aliphatic carbocycles. The van der Waals surface area contributed by atoms with Gasteiger partial charge in [-0.05, 0) is 89.1 Å². The molecule has 1 N–H and O–H groups in total. The summed E-state index contributed by atoms with van der Waals surface area (Å²) in [7, 11) is -4.38. The second-order valence-electron chi connectivity index (χ2n) is 12.7. The average Bonchev–Trinajstić information content (AvgIpc) is 3.49. The zero-order valence-corrected chi connectivity index (χ0v) is 30.8. The molecule has 7 rings (SSSR count). The molecule has 0 radical (unpaired) electrons. The maximum Gasteiger partial charge on any atom is 1.00 e. The van der Waals surface area contributed by atoms with Gasteiger partial charge < -0.3 is 24.1 Å². The first kappa shape index (κ1) is 36.0. The van der Waals surface area contributed by atoms with Crippen molar-refractivity contribution in [1.82, 2.24) is 5.32 Å². The van der Waals surface area contributed by atoms with Crippen molar-refractivity contribution < 1.29 is 66.4 Å². The van der Waals surface area contributed by atoms with E-state index in [1.165, 1.54) is 0 Å². The third-order valence-electron chi connectivity index (χ3n) is 9.60. The molecular weight excluding hydrogens is 665 g/mol. The summed E-state index contributed by atoms with van der Waals surface area (Å²) in [6.45, 7) is 0.717. The fourth-order valence-corrected chi connectivity index (χ4v) is 8.00. The molecular formula is C39H36NNaO8S. The van der Waals surface area contributed by atoms with Crippen molar-refractivity contribution in [3.63, 3.8) is 0 Å². The van der Waals surface area contributed by atoms with E-state index in [4.69, 9.17) is 9.47 Å². The maximum absolute atomic E-state index is 14.7. The molecule has 0 aromatic heterocycles. The van der Waals surface area contributed by atoms with Crippen LogP contribution in [0, 0.1) is 0 Å². The van der Waals surface area contributed by atoms with Crippen molar-refractivity contribution in [2.24, 2.45) is 0 Å². The van der Waals surface area contributed by atoms with Gasteiger partial charge in [0.1, 0.15) is 17.8 Å². The molecule has 4 aromatic carbocycles. The Balaban J connectivity index is 0.00000432. The van der Waals surface area contributed by atoms with Crippen LogP contribution < -0.4 is 39.6 Å². The van der Waals surface area contributed by atoms with Gasteiger partial charge in [0, 0.05) is 40.8 Å². The Morgan fingerprint density at radius 2 is 1.62 bits per heavy atom. The van der Waals surface area contributed by atoms with Crippen LogP contribution in [0.25, 0.3) is 27.1 Å². The Morgan fingerprint density at radius 3 is 2.38 bits per heavy atom. The van der Waals surface area contributed by atoms with Gasteiger partial charge in [-0.2, -0.15) is 0 Å². The smallest absolute Gasteiger partial charge is 0.748 e. The molecule has 9 nitrogen and oxygen atoms in total. The number of ether oxygens (including phenoxy) is 2. The van der Waals surface area contributed by atoms with Crippen molar-refractivity contribution in [3.05, 3.63) is 106 Å². The summed E-state index contributed by atoms with van der Waals surface area (Å²) in [5, 5.41) is 6.34. The minimum atomic E-state index is -4.38. The Hall–Kier alpha value is -3.80. The van der Waals surface area contributed by atoms with Crippen LogP contribution in [0.2, 0.25) is 0 Å². The molecule has 0 saturated carbocycles. The van der Waals surface area contributed by atoms with E-state index in [0.29, 0.717) is 54.1 Å². The number of unbranched alkanes of at least 4 members (excludes halogenated alkanes) is 3. The van der Waals surface area contributed by atoms with Crippen molar-refractivity contribution >= 4 is 55.2 Å². The predicted molar refractivity (Wildman–Crippen MR) is 185 cm³/mol. The largest absolute Gasteiger partial charge is 1.00 e. The molecule has 0 spiro atoms. The summed E-state index contributed by atoms with van der Waals surface area (Å²) in [4.78, 5) is 39.3. The summed E-state index contributed by atoms with van der Waals surface area (Å²) in [5.41, 5.74) is 4.95. The number of Topliss-reactive ketones (excluding diaryl/α,β-unsaturated/α-hetero) is 1. The zero-order valence-electron chi connectivity index (χ0n) is 28.0.